The highest BCUT2D eigenvalue weighted by atomic mass is 35.5. The highest BCUT2D eigenvalue weighted by Crippen LogP contribution is 2.20. The van der Waals surface area contributed by atoms with Crippen LogP contribution in [0.5, 0.6) is 0 Å². The average molecular weight is 266 g/mol. The lowest BCUT2D eigenvalue weighted by atomic mass is 9.95. The Labute approximate surface area is 114 Å². The van der Waals surface area contributed by atoms with Gasteiger partial charge in [-0.05, 0) is 30.7 Å². The molecule has 0 spiro atoms. The molecule has 0 aliphatic carbocycles. The fourth-order valence-corrected chi connectivity index (χ4v) is 2.87. The standard InChI is InChI=1S/C15H20ClNO/c16-9-8-14-7-4-10-17(12-14)15(18)11-13-5-2-1-3-6-13/h1-3,5-6,14H,4,7-12H2. The summed E-state index contributed by atoms with van der Waals surface area (Å²) in [6.07, 6.45) is 3.87. The Morgan fingerprint density at radius 1 is 1.33 bits per heavy atom. The van der Waals surface area contributed by atoms with Crippen LogP contribution in [0, 0.1) is 5.92 Å². The summed E-state index contributed by atoms with van der Waals surface area (Å²) in [5.41, 5.74) is 1.10. The highest BCUT2D eigenvalue weighted by molar-refractivity contribution is 6.17. The Morgan fingerprint density at radius 3 is 2.83 bits per heavy atom. The molecule has 18 heavy (non-hydrogen) atoms. The van der Waals surface area contributed by atoms with Gasteiger partial charge in [0.1, 0.15) is 0 Å². The van der Waals surface area contributed by atoms with E-state index in [1.165, 1.54) is 6.42 Å². The number of amides is 1. The molecule has 1 saturated heterocycles. The van der Waals surface area contributed by atoms with Crippen LogP contribution in [0.3, 0.4) is 0 Å². The molecule has 1 aliphatic rings. The summed E-state index contributed by atoms with van der Waals surface area (Å²) in [5, 5.41) is 0. The summed E-state index contributed by atoms with van der Waals surface area (Å²) in [6, 6.07) is 9.96. The summed E-state index contributed by atoms with van der Waals surface area (Å²) >= 11 is 5.79. The molecule has 1 unspecified atom stereocenters. The second kappa shape index (κ2) is 6.79. The van der Waals surface area contributed by atoms with Gasteiger partial charge in [-0.15, -0.1) is 11.6 Å². The van der Waals surface area contributed by atoms with Gasteiger partial charge in [-0.3, -0.25) is 4.79 Å². The summed E-state index contributed by atoms with van der Waals surface area (Å²) in [4.78, 5) is 14.2. The molecule has 1 aliphatic heterocycles. The number of hydrogen-bond acceptors (Lipinski definition) is 1. The molecule has 1 aromatic carbocycles. The van der Waals surface area contributed by atoms with Gasteiger partial charge in [-0.25, -0.2) is 0 Å². The van der Waals surface area contributed by atoms with Gasteiger partial charge in [0.2, 0.25) is 5.91 Å². The van der Waals surface area contributed by atoms with Crippen LogP contribution in [0.15, 0.2) is 30.3 Å². The molecular formula is C15H20ClNO. The van der Waals surface area contributed by atoms with Gasteiger partial charge < -0.3 is 4.90 Å². The lowest BCUT2D eigenvalue weighted by molar-refractivity contribution is -0.132. The molecule has 0 N–H and O–H groups in total. The van der Waals surface area contributed by atoms with Crippen molar-refractivity contribution in [1.29, 1.82) is 0 Å². The molecule has 98 valence electrons. The average Bonchev–Trinajstić information content (AvgIpc) is 2.40. The van der Waals surface area contributed by atoms with Gasteiger partial charge in [-0.1, -0.05) is 30.3 Å². The van der Waals surface area contributed by atoms with Crippen LogP contribution < -0.4 is 0 Å². The summed E-state index contributed by atoms with van der Waals surface area (Å²) in [5.74, 6) is 1.54. The van der Waals surface area contributed by atoms with Gasteiger partial charge in [-0.2, -0.15) is 0 Å². The van der Waals surface area contributed by atoms with Crippen molar-refractivity contribution >= 4 is 17.5 Å². The number of alkyl halides is 1. The van der Waals surface area contributed by atoms with Crippen molar-refractivity contribution in [1.82, 2.24) is 4.90 Å². The monoisotopic (exact) mass is 265 g/mol. The number of rotatable bonds is 4. The van der Waals surface area contributed by atoms with E-state index in [4.69, 9.17) is 11.6 Å². The zero-order valence-electron chi connectivity index (χ0n) is 10.6. The van der Waals surface area contributed by atoms with Crippen molar-refractivity contribution < 1.29 is 4.79 Å². The number of hydrogen-bond donors (Lipinski definition) is 0. The van der Waals surface area contributed by atoms with Gasteiger partial charge in [0.05, 0.1) is 6.42 Å². The third kappa shape index (κ3) is 3.74. The second-order valence-electron chi connectivity index (χ2n) is 4.99. The van der Waals surface area contributed by atoms with E-state index in [1.807, 2.05) is 35.2 Å². The highest BCUT2D eigenvalue weighted by Gasteiger charge is 2.22. The SMILES string of the molecule is O=C(Cc1ccccc1)N1CCCC(CCCl)C1. The van der Waals surface area contributed by atoms with E-state index in [1.54, 1.807) is 0 Å². The molecular weight excluding hydrogens is 246 g/mol. The molecule has 0 radical (unpaired) electrons. The molecule has 3 heteroatoms. The van der Waals surface area contributed by atoms with Crippen molar-refractivity contribution in [3.63, 3.8) is 0 Å². The van der Waals surface area contributed by atoms with Gasteiger partial charge in [0.25, 0.3) is 0 Å². The second-order valence-corrected chi connectivity index (χ2v) is 5.37. The first-order chi connectivity index (χ1) is 8.79. The molecule has 1 atom stereocenters. The fraction of sp³-hybridized carbons (Fsp3) is 0.533. The molecule has 0 saturated carbocycles. The number of likely N-dealkylation sites (tertiary alicyclic amines) is 1. The first-order valence-electron chi connectivity index (χ1n) is 6.67. The minimum Gasteiger partial charge on any atom is -0.342 e. The number of carbonyl (C=O) groups excluding carboxylic acids is 1. The molecule has 1 amide bonds. The minimum atomic E-state index is 0.250. The van der Waals surface area contributed by atoms with Crippen LogP contribution in [-0.4, -0.2) is 29.8 Å². The Kier molecular flexibility index (Phi) is 5.06. The van der Waals surface area contributed by atoms with Crippen LogP contribution >= 0.6 is 11.6 Å². The van der Waals surface area contributed by atoms with Crippen LogP contribution in [-0.2, 0) is 11.2 Å². The molecule has 1 heterocycles. The van der Waals surface area contributed by atoms with Crippen molar-refractivity contribution in [3.05, 3.63) is 35.9 Å². The van der Waals surface area contributed by atoms with Crippen LogP contribution in [0.25, 0.3) is 0 Å². The normalized spacial score (nSPS) is 19.8. The van der Waals surface area contributed by atoms with Crippen molar-refractivity contribution in [2.75, 3.05) is 19.0 Å². The molecule has 2 rings (SSSR count). The molecule has 1 fully saturated rings. The number of piperidine rings is 1. The van der Waals surface area contributed by atoms with E-state index in [2.05, 4.69) is 0 Å². The van der Waals surface area contributed by atoms with E-state index in [0.717, 1.165) is 31.5 Å². The Morgan fingerprint density at radius 2 is 2.11 bits per heavy atom. The van der Waals surface area contributed by atoms with Crippen LogP contribution in [0.2, 0.25) is 0 Å². The third-order valence-corrected chi connectivity index (χ3v) is 3.81. The first kappa shape index (κ1) is 13.4. The predicted molar refractivity (Wildman–Crippen MR) is 74.8 cm³/mol. The van der Waals surface area contributed by atoms with E-state index in [0.29, 0.717) is 18.2 Å². The van der Waals surface area contributed by atoms with Gasteiger partial charge in [0.15, 0.2) is 0 Å². The number of carbonyl (C=O) groups is 1. The zero-order chi connectivity index (χ0) is 12.8. The van der Waals surface area contributed by atoms with E-state index in [9.17, 15) is 4.79 Å². The largest absolute Gasteiger partial charge is 0.342 e. The lowest BCUT2D eigenvalue weighted by Gasteiger charge is -2.32. The summed E-state index contributed by atoms with van der Waals surface area (Å²) in [7, 11) is 0. The smallest absolute Gasteiger partial charge is 0.226 e. The van der Waals surface area contributed by atoms with Crippen molar-refractivity contribution in [3.8, 4) is 0 Å². The van der Waals surface area contributed by atoms with Crippen molar-refractivity contribution in [2.45, 2.75) is 25.7 Å². The van der Waals surface area contributed by atoms with Gasteiger partial charge >= 0.3 is 0 Å². The van der Waals surface area contributed by atoms with Crippen molar-refractivity contribution in [2.24, 2.45) is 5.92 Å². The maximum absolute atomic E-state index is 12.2. The summed E-state index contributed by atoms with van der Waals surface area (Å²) in [6.45, 7) is 1.79. The Bertz CT molecular complexity index is 377. The summed E-state index contributed by atoms with van der Waals surface area (Å²) < 4.78 is 0. The van der Waals surface area contributed by atoms with Crippen LogP contribution in [0.4, 0.5) is 0 Å². The molecule has 2 nitrogen and oxygen atoms in total. The number of halogens is 1. The fourth-order valence-electron chi connectivity index (χ4n) is 2.56. The van der Waals surface area contributed by atoms with E-state index >= 15 is 0 Å². The molecule has 0 aromatic heterocycles. The molecule has 0 bridgehead atoms. The first-order valence-corrected chi connectivity index (χ1v) is 7.20. The predicted octanol–water partition coefficient (Wildman–Crippen LogP) is 3.10. The maximum Gasteiger partial charge on any atom is 0.226 e. The van der Waals surface area contributed by atoms with Crippen LogP contribution in [0.1, 0.15) is 24.8 Å². The van der Waals surface area contributed by atoms with E-state index < -0.39 is 0 Å². The number of nitrogens with zero attached hydrogens (tertiary/aromatic N) is 1. The quantitative estimate of drug-likeness (QED) is 0.766. The van der Waals surface area contributed by atoms with Gasteiger partial charge in [0, 0.05) is 19.0 Å². The Balaban J connectivity index is 1.88. The Hall–Kier alpha value is -1.02. The topological polar surface area (TPSA) is 20.3 Å². The lowest BCUT2D eigenvalue weighted by Crippen LogP contribution is -2.40. The maximum atomic E-state index is 12.2. The molecule has 1 aromatic rings. The number of benzene rings is 1. The van der Waals surface area contributed by atoms with E-state index in [-0.39, 0.29) is 5.91 Å². The zero-order valence-corrected chi connectivity index (χ0v) is 11.4. The minimum absolute atomic E-state index is 0.250. The third-order valence-electron chi connectivity index (χ3n) is 3.59.